The quantitative estimate of drug-likeness (QED) is 0.728. The van der Waals surface area contributed by atoms with Gasteiger partial charge in [0.25, 0.3) is 10.0 Å². The molecule has 0 radical (unpaired) electrons. The molecule has 0 amide bonds. The zero-order valence-electron chi connectivity index (χ0n) is 14.8. The zero-order valence-corrected chi connectivity index (χ0v) is 15.6. The van der Waals surface area contributed by atoms with Crippen LogP contribution >= 0.6 is 0 Å². The van der Waals surface area contributed by atoms with Crippen LogP contribution in [0.25, 0.3) is 0 Å². The number of para-hydroxylation sites is 1. The minimum absolute atomic E-state index is 0.202. The van der Waals surface area contributed by atoms with Crippen LogP contribution in [-0.4, -0.2) is 14.4 Å². The number of aliphatic imine (C=N–C) groups is 1. The molecule has 4 rings (SSSR count). The molecule has 0 saturated carbocycles. The van der Waals surface area contributed by atoms with Gasteiger partial charge in [0.1, 0.15) is 6.04 Å². The number of rotatable bonds is 3. The summed E-state index contributed by atoms with van der Waals surface area (Å²) in [5.41, 5.74) is 3.84. The first kappa shape index (κ1) is 17.3. The molecule has 3 aromatic carbocycles. The Balaban J connectivity index is 1.71. The maximum atomic E-state index is 12.7. The Morgan fingerprint density at radius 1 is 0.889 bits per heavy atom. The molecule has 0 unspecified atom stereocenters. The monoisotopic (exact) mass is 377 g/mol. The average Bonchev–Trinajstić information content (AvgIpc) is 2.68. The highest BCUT2D eigenvalue weighted by atomic mass is 32.2. The van der Waals surface area contributed by atoms with Gasteiger partial charge in [-0.25, -0.2) is 18.1 Å². The molecule has 1 atom stereocenters. The molecule has 136 valence electrons. The maximum Gasteiger partial charge on any atom is 0.264 e. The Labute approximate surface area is 158 Å². The molecule has 1 heterocycles. The van der Waals surface area contributed by atoms with E-state index in [-0.39, 0.29) is 16.9 Å². The van der Waals surface area contributed by atoms with Crippen LogP contribution in [0.2, 0.25) is 0 Å². The lowest BCUT2D eigenvalue weighted by Crippen LogP contribution is -2.38. The summed E-state index contributed by atoms with van der Waals surface area (Å²) in [6, 6.07) is 24.0. The van der Waals surface area contributed by atoms with Crippen LogP contribution in [-0.2, 0) is 10.0 Å². The number of guanidine groups is 1. The van der Waals surface area contributed by atoms with Gasteiger partial charge in [0.05, 0.1) is 4.90 Å². The summed E-state index contributed by atoms with van der Waals surface area (Å²) < 4.78 is 28.1. The molecule has 0 spiro atoms. The van der Waals surface area contributed by atoms with Crippen molar-refractivity contribution in [2.45, 2.75) is 17.9 Å². The van der Waals surface area contributed by atoms with Crippen molar-refractivity contribution in [2.75, 3.05) is 5.32 Å². The third kappa shape index (κ3) is 3.57. The van der Waals surface area contributed by atoms with Gasteiger partial charge in [-0.2, -0.15) is 0 Å². The zero-order chi connectivity index (χ0) is 18.9. The number of hydrogen-bond acceptors (Lipinski definition) is 4. The molecule has 0 aliphatic carbocycles. The van der Waals surface area contributed by atoms with Crippen molar-refractivity contribution in [1.82, 2.24) is 4.72 Å². The average molecular weight is 377 g/mol. The van der Waals surface area contributed by atoms with Gasteiger partial charge in [-0.3, -0.25) is 0 Å². The standard InChI is InChI=1S/C21H19N3O2S/c1-15-11-13-17(14-12-15)27(25,26)24-21-22-19-10-6-5-9-18(19)20(23-21)16-7-3-2-4-8-16/h2-14,20H,1H3,(H2,22,23,24)/t20-/m1/s1. The Morgan fingerprint density at radius 3 is 2.30 bits per heavy atom. The number of benzene rings is 3. The highest BCUT2D eigenvalue weighted by molar-refractivity contribution is 7.90. The van der Waals surface area contributed by atoms with E-state index in [1.165, 1.54) is 0 Å². The first-order valence-electron chi connectivity index (χ1n) is 8.61. The van der Waals surface area contributed by atoms with Crippen LogP contribution in [0.15, 0.2) is 88.8 Å². The van der Waals surface area contributed by atoms with Gasteiger partial charge in [-0.15, -0.1) is 0 Å². The summed E-state index contributed by atoms with van der Waals surface area (Å²) >= 11 is 0. The van der Waals surface area contributed by atoms with Gasteiger partial charge in [-0.1, -0.05) is 66.2 Å². The predicted molar refractivity (Wildman–Crippen MR) is 107 cm³/mol. The summed E-state index contributed by atoms with van der Waals surface area (Å²) in [6.07, 6.45) is 0. The summed E-state index contributed by atoms with van der Waals surface area (Å²) in [5, 5.41) is 3.09. The van der Waals surface area contributed by atoms with Crippen LogP contribution < -0.4 is 10.0 Å². The van der Waals surface area contributed by atoms with E-state index in [4.69, 9.17) is 0 Å². The lowest BCUT2D eigenvalue weighted by molar-refractivity contribution is 0.592. The molecule has 5 nitrogen and oxygen atoms in total. The number of aryl methyl sites for hydroxylation is 1. The molecule has 3 aromatic rings. The fraction of sp³-hybridized carbons (Fsp3) is 0.0952. The highest BCUT2D eigenvalue weighted by Crippen LogP contribution is 2.34. The fourth-order valence-electron chi connectivity index (χ4n) is 3.05. The minimum atomic E-state index is -3.73. The smallest absolute Gasteiger partial charge is 0.264 e. The molecule has 0 fully saturated rings. The van der Waals surface area contributed by atoms with Gasteiger partial charge in [0, 0.05) is 11.3 Å². The SMILES string of the molecule is Cc1ccc(S(=O)(=O)NC2=N[C@H](c3ccccc3)c3ccccc3N2)cc1. The largest absolute Gasteiger partial charge is 0.325 e. The second kappa shape index (κ2) is 6.89. The molecular weight excluding hydrogens is 358 g/mol. The van der Waals surface area contributed by atoms with Crippen molar-refractivity contribution in [3.63, 3.8) is 0 Å². The Bertz CT molecular complexity index is 1090. The van der Waals surface area contributed by atoms with E-state index >= 15 is 0 Å². The maximum absolute atomic E-state index is 12.7. The molecule has 6 heteroatoms. The van der Waals surface area contributed by atoms with Crippen molar-refractivity contribution < 1.29 is 8.42 Å². The number of anilines is 1. The Morgan fingerprint density at radius 2 is 1.56 bits per heavy atom. The van der Waals surface area contributed by atoms with E-state index in [9.17, 15) is 8.42 Å². The van der Waals surface area contributed by atoms with Gasteiger partial charge in [0.15, 0.2) is 0 Å². The van der Waals surface area contributed by atoms with Crippen LogP contribution in [0, 0.1) is 6.92 Å². The second-order valence-corrected chi connectivity index (χ2v) is 8.10. The molecule has 0 aromatic heterocycles. The summed E-state index contributed by atoms with van der Waals surface area (Å²) in [5.74, 6) is 0.211. The third-order valence-corrected chi connectivity index (χ3v) is 5.80. The van der Waals surface area contributed by atoms with Crippen molar-refractivity contribution >= 4 is 21.7 Å². The molecular formula is C21H19N3O2S. The van der Waals surface area contributed by atoms with Crippen LogP contribution in [0.3, 0.4) is 0 Å². The second-order valence-electron chi connectivity index (χ2n) is 6.42. The molecule has 27 heavy (non-hydrogen) atoms. The van der Waals surface area contributed by atoms with Crippen LogP contribution in [0.1, 0.15) is 22.7 Å². The van der Waals surface area contributed by atoms with E-state index in [0.717, 1.165) is 22.4 Å². The van der Waals surface area contributed by atoms with Gasteiger partial charge in [0.2, 0.25) is 5.96 Å². The van der Waals surface area contributed by atoms with Gasteiger partial charge < -0.3 is 5.32 Å². The fourth-order valence-corrected chi connectivity index (χ4v) is 4.02. The van der Waals surface area contributed by atoms with Crippen molar-refractivity contribution in [3.05, 3.63) is 95.6 Å². The van der Waals surface area contributed by atoms with Crippen molar-refractivity contribution in [1.29, 1.82) is 0 Å². The van der Waals surface area contributed by atoms with Crippen molar-refractivity contribution in [3.8, 4) is 0 Å². The first-order chi connectivity index (χ1) is 13.0. The summed E-state index contributed by atoms with van der Waals surface area (Å²) in [6.45, 7) is 1.91. The highest BCUT2D eigenvalue weighted by Gasteiger charge is 2.25. The lowest BCUT2D eigenvalue weighted by Gasteiger charge is -2.25. The van der Waals surface area contributed by atoms with E-state index in [0.29, 0.717) is 0 Å². The number of nitrogens with zero attached hydrogens (tertiary/aromatic N) is 1. The van der Waals surface area contributed by atoms with Crippen LogP contribution in [0.5, 0.6) is 0 Å². The summed E-state index contributed by atoms with van der Waals surface area (Å²) in [7, 11) is -3.73. The molecule has 1 aliphatic heterocycles. The Kier molecular flexibility index (Phi) is 4.41. The van der Waals surface area contributed by atoms with Gasteiger partial charge in [-0.05, 0) is 30.7 Å². The number of nitrogens with one attached hydrogen (secondary N) is 2. The van der Waals surface area contributed by atoms with E-state index in [1.54, 1.807) is 24.3 Å². The van der Waals surface area contributed by atoms with Gasteiger partial charge >= 0.3 is 0 Å². The number of sulfonamides is 1. The molecule has 1 aliphatic rings. The summed E-state index contributed by atoms with van der Waals surface area (Å²) in [4.78, 5) is 4.84. The van der Waals surface area contributed by atoms with E-state index in [1.807, 2.05) is 61.5 Å². The third-order valence-electron chi connectivity index (χ3n) is 4.44. The van der Waals surface area contributed by atoms with E-state index < -0.39 is 10.0 Å². The first-order valence-corrected chi connectivity index (χ1v) is 10.1. The minimum Gasteiger partial charge on any atom is -0.325 e. The topological polar surface area (TPSA) is 70.6 Å². The van der Waals surface area contributed by atoms with Crippen LogP contribution in [0.4, 0.5) is 5.69 Å². The predicted octanol–water partition coefficient (Wildman–Crippen LogP) is 3.84. The number of fused-ring (bicyclic) bond motifs is 1. The normalized spacial score (nSPS) is 16.0. The Hall–Kier alpha value is -3.12. The molecule has 0 saturated heterocycles. The molecule has 2 N–H and O–H groups in total. The van der Waals surface area contributed by atoms with E-state index in [2.05, 4.69) is 15.0 Å². The lowest BCUT2D eigenvalue weighted by atomic mass is 9.97. The van der Waals surface area contributed by atoms with Crippen molar-refractivity contribution in [2.24, 2.45) is 4.99 Å². The molecule has 0 bridgehead atoms. The number of hydrogen-bond donors (Lipinski definition) is 2.